The normalized spacial score (nSPS) is 19.3. The number of fused-ring (bicyclic) bond motifs is 1. The van der Waals surface area contributed by atoms with Crippen LogP contribution in [0.15, 0.2) is 28.0 Å². The molecule has 0 amide bonds. The number of nitrogens with zero attached hydrogens (tertiary/aromatic N) is 2. The van der Waals surface area contributed by atoms with Crippen molar-refractivity contribution in [2.45, 2.75) is 62.0 Å². The summed E-state index contributed by atoms with van der Waals surface area (Å²) < 4.78 is 7.61. The Morgan fingerprint density at radius 1 is 1.22 bits per heavy atom. The molecule has 2 aromatic rings. The Kier molecular flexibility index (Phi) is 6.12. The van der Waals surface area contributed by atoms with Gasteiger partial charge in [0.15, 0.2) is 0 Å². The highest BCUT2D eigenvalue weighted by atomic mass is 35.5. The summed E-state index contributed by atoms with van der Waals surface area (Å²) in [7, 11) is 0. The zero-order chi connectivity index (χ0) is 18.8. The van der Waals surface area contributed by atoms with Gasteiger partial charge in [-0.15, -0.1) is 11.8 Å². The van der Waals surface area contributed by atoms with E-state index in [0.717, 1.165) is 61.4 Å². The molecule has 1 aliphatic heterocycles. The summed E-state index contributed by atoms with van der Waals surface area (Å²) in [6.07, 6.45) is 6.41. The molecular formula is C20H22Cl2N2O2S. The molecule has 1 fully saturated rings. The van der Waals surface area contributed by atoms with E-state index in [4.69, 9.17) is 27.9 Å². The van der Waals surface area contributed by atoms with E-state index in [0.29, 0.717) is 22.3 Å². The van der Waals surface area contributed by atoms with Gasteiger partial charge in [0.05, 0.1) is 12.6 Å². The molecule has 144 valence electrons. The van der Waals surface area contributed by atoms with Gasteiger partial charge in [0.2, 0.25) is 0 Å². The first kappa shape index (κ1) is 19.3. The maximum atomic E-state index is 12.8. The van der Waals surface area contributed by atoms with Crippen molar-refractivity contribution in [3.05, 3.63) is 55.5 Å². The third-order valence-electron chi connectivity index (χ3n) is 5.24. The van der Waals surface area contributed by atoms with Crippen LogP contribution >= 0.6 is 35.0 Å². The molecule has 4 rings (SSSR count). The largest absolute Gasteiger partial charge is 0.376 e. The van der Waals surface area contributed by atoms with Gasteiger partial charge in [-0.25, -0.2) is 4.79 Å². The van der Waals surface area contributed by atoms with Gasteiger partial charge in [0, 0.05) is 33.7 Å². The molecule has 1 aromatic carbocycles. The van der Waals surface area contributed by atoms with Crippen LogP contribution < -0.4 is 5.69 Å². The molecule has 0 saturated carbocycles. The highest BCUT2D eigenvalue weighted by Gasteiger charge is 2.24. The highest BCUT2D eigenvalue weighted by molar-refractivity contribution is 7.98. The topological polar surface area (TPSA) is 44.1 Å². The van der Waals surface area contributed by atoms with Crippen molar-refractivity contribution in [3.63, 3.8) is 0 Å². The van der Waals surface area contributed by atoms with Gasteiger partial charge in [-0.3, -0.25) is 4.57 Å². The molecule has 0 N–H and O–H groups in total. The van der Waals surface area contributed by atoms with Crippen molar-refractivity contribution in [3.8, 4) is 0 Å². The number of rotatable bonds is 5. The fourth-order valence-corrected chi connectivity index (χ4v) is 5.47. The van der Waals surface area contributed by atoms with Gasteiger partial charge in [-0.1, -0.05) is 29.3 Å². The second kappa shape index (κ2) is 8.56. The molecule has 1 aromatic heterocycles. The Balaban J connectivity index is 1.61. The van der Waals surface area contributed by atoms with E-state index in [1.807, 2.05) is 16.7 Å². The van der Waals surface area contributed by atoms with Gasteiger partial charge in [0.1, 0.15) is 5.03 Å². The van der Waals surface area contributed by atoms with E-state index in [9.17, 15) is 4.79 Å². The Hall–Kier alpha value is -1.01. The van der Waals surface area contributed by atoms with Crippen LogP contribution in [0.25, 0.3) is 0 Å². The molecule has 2 aliphatic rings. The third kappa shape index (κ3) is 4.37. The monoisotopic (exact) mass is 424 g/mol. The molecule has 0 unspecified atom stereocenters. The van der Waals surface area contributed by atoms with Crippen molar-refractivity contribution in [2.24, 2.45) is 0 Å². The van der Waals surface area contributed by atoms with E-state index in [1.54, 1.807) is 17.8 Å². The van der Waals surface area contributed by atoms with Gasteiger partial charge >= 0.3 is 5.69 Å². The van der Waals surface area contributed by atoms with E-state index >= 15 is 0 Å². The van der Waals surface area contributed by atoms with Crippen molar-refractivity contribution >= 4 is 35.0 Å². The minimum atomic E-state index is -0.157. The van der Waals surface area contributed by atoms with Crippen LogP contribution in [-0.4, -0.2) is 22.3 Å². The lowest BCUT2D eigenvalue weighted by atomic mass is 9.97. The second-order valence-corrected chi connectivity index (χ2v) is 8.91. The van der Waals surface area contributed by atoms with E-state index < -0.39 is 0 Å². The Bertz CT molecular complexity index is 894. The Labute approximate surface area is 173 Å². The van der Waals surface area contributed by atoms with E-state index in [1.165, 1.54) is 5.56 Å². The first-order valence-electron chi connectivity index (χ1n) is 9.43. The number of halogens is 2. The van der Waals surface area contributed by atoms with Gasteiger partial charge in [0.25, 0.3) is 0 Å². The number of hydrogen-bond donors (Lipinski definition) is 0. The fourth-order valence-electron chi connectivity index (χ4n) is 3.83. The summed E-state index contributed by atoms with van der Waals surface area (Å²) >= 11 is 13.9. The molecule has 1 saturated heterocycles. The van der Waals surface area contributed by atoms with Crippen LogP contribution in [-0.2, 0) is 29.9 Å². The number of benzene rings is 1. The molecule has 0 spiro atoms. The number of hydrogen-bond acceptors (Lipinski definition) is 4. The van der Waals surface area contributed by atoms with Crippen LogP contribution in [0.4, 0.5) is 0 Å². The van der Waals surface area contributed by atoms with Crippen LogP contribution in [0.3, 0.4) is 0 Å². The SMILES string of the molecule is O=c1nc(SCc2ccc(Cl)cc2Cl)c2c(n1C[C@@H]1CCCO1)CCCC2. The minimum absolute atomic E-state index is 0.141. The van der Waals surface area contributed by atoms with Crippen LogP contribution in [0.5, 0.6) is 0 Å². The van der Waals surface area contributed by atoms with Crippen LogP contribution in [0, 0.1) is 0 Å². The number of thioether (sulfide) groups is 1. The van der Waals surface area contributed by atoms with Crippen LogP contribution in [0.1, 0.15) is 42.5 Å². The number of ether oxygens (including phenoxy) is 1. The zero-order valence-electron chi connectivity index (χ0n) is 15.0. The summed E-state index contributed by atoms with van der Waals surface area (Å²) in [6, 6.07) is 5.52. The van der Waals surface area contributed by atoms with E-state index in [-0.39, 0.29) is 11.8 Å². The molecule has 4 nitrogen and oxygen atoms in total. The van der Waals surface area contributed by atoms with Crippen molar-refractivity contribution in [1.82, 2.24) is 9.55 Å². The average Bonchev–Trinajstić information content (AvgIpc) is 3.17. The Morgan fingerprint density at radius 3 is 2.85 bits per heavy atom. The lowest BCUT2D eigenvalue weighted by molar-refractivity contribution is 0.0947. The van der Waals surface area contributed by atoms with Crippen LogP contribution in [0.2, 0.25) is 10.0 Å². The molecule has 0 radical (unpaired) electrons. The first-order chi connectivity index (χ1) is 13.1. The fraction of sp³-hybridized carbons (Fsp3) is 0.500. The lowest BCUT2D eigenvalue weighted by Crippen LogP contribution is -2.33. The molecule has 7 heteroatoms. The van der Waals surface area contributed by atoms with Gasteiger partial charge in [-0.2, -0.15) is 4.98 Å². The van der Waals surface area contributed by atoms with Crippen molar-refractivity contribution in [1.29, 1.82) is 0 Å². The molecular weight excluding hydrogens is 403 g/mol. The summed E-state index contributed by atoms with van der Waals surface area (Å²) in [4.78, 5) is 17.2. The predicted molar refractivity (Wildman–Crippen MR) is 110 cm³/mol. The van der Waals surface area contributed by atoms with Gasteiger partial charge in [-0.05, 0) is 56.2 Å². The van der Waals surface area contributed by atoms with Crippen molar-refractivity contribution in [2.75, 3.05) is 6.61 Å². The second-order valence-electron chi connectivity index (χ2n) is 7.10. The first-order valence-corrected chi connectivity index (χ1v) is 11.2. The average molecular weight is 425 g/mol. The smallest absolute Gasteiger partial charge is 0.348 e. The molecule has 2 heterocycles. The maximum absolute atomic E-state index is 12.8. The number of aromatic nitrogens is 2. The van der Waals surface area contributed by atoms with Crippen molar-refractivity contribution < 1.29 is 4.74 Å². The summed E-state index contributed by atoms with van der Waals surface area (Å²) in [5.41, 5.74) is 3.23. The molecule has 27 heavy (non-hydrogen) atoms. The zero-order valence-corrected chi connectivity index (χ0v) is 17.4. The maximum Gasteiger partial charge on any atom is 0.348 e. The molecule has 1 aliphatic carbocycles. The van der Waals surface area contributed by atoms with Gasteiger partial charge < -0.3 is 4.74 Å². The molecule has 1 atom stereocenters. The lowest BCUT2D eigenvalue weighted by Gasteiger charge is -2.24. The predicted octanol–water partition coefficient (Wildman–Crippen LogP) is 4.90. The summed E-state index contributed by atoms with van der Waals surface area (Å²) in [5, 5.41) is 2.13. The van der Waals surface area contributed by atoms with E-state index in [2.05, 4.69) is 4.98 Å². The standard InChI is InChI=1S/C20H22Cl2N2O2S/c21-14-8-7-13(17(22)10-14)12-27-19-16-5-1-2-6-18(16)24(20(25)23-19)11-15-4-3-9-26-15/h7-8,10,15H,1-6,9,11-12H2/t15-/m0/s1. The highest BCUT2D eigenvalue weighted by Crippen LogP contribution is 2.33. The quantitative estimate of drug-likeness (QED) is 0.505. The summed E-state index contributed by atoms with van der Waals surface area (Å²) in [5.74, 6) is 0.671. The Morgan fingerprint density at radius 2 is 2.07 bits per heavy atom. The molecule has 0 bridgehead atoms. The minimum Gasteiger partial charge on any atom is -0.376 e. The third-order valence-corrected chi connectivity index (χ3v) is 6.89. The summed E-state index contributed by atoms with van der Waals surface area (Å²) in [6.45, 7) is 1.42.